The first-order valence-corrected chi connectivity index (χ1v) is 10.0. The van der Waals surface area contributed by atoms with Crippen LogP contribution in [0.15, 0.2) is 6.07 Å². The zero-order valence-electron chi connectivity index (χ0n) is 15.8. The Morgan fingerprint density at radius 3 is 2.81 bits per heavy atom. The van der Waals surface area contributed by atoms with E-state index < -0.39 is 6.04 Å². The maximum Gasteiger partial charge on any atom is 0.262 e. The third kappa shape index (κ3) is 3.58. The number of rotatable bonds is 3. The van der Waals surface area contributed by atoms with Crippen molar-refractivity contribution in [3.8, 4) is 0 Å². The Morgan fingerprint density at radius 2 is 2.07 bits per heavy atom. The highest BCUT2D eigenvalue weighted by molar-refractivity contribution is 7.20. The smallest absolute Gasteiger partial charge is 0.262 e. The number of aromatic nitrogens is 2. The van der Waals surface area contributed by atoms with Gasteiger partial charge in [0.05, 0.1) is 10.6 Å². The molecule has 2 aliphatic rings. The van der Waals surface area contributed by atoms with Crippen LogP contribution in [0, 0.1) is 6.92 Å². The highest BCUT2D eigenvalue weighted by Crippen LogP contribution is 2.29. The molecule has 0 aromatic carbocycles. The Bertz CT molecular complexity index is 815. The Kier molecular flexibility index (Phi) is 5.79. The van der Waals surface area contributed by atoms with Gasteiger partial charge in [-0.25, -0.2) is 0 Å². The lowest BCUT2D eigenvalue weighted by molar-refractivity contribution is -0.135. The number of nitrogens with zero attached hydrogens (tertiary/aromatic N) is 3. The van der Waals surface area contributed by atoms with E-state index >= 15 is 0 Å². The monoisotopic (exact) mass is 411 g/mol. The molecule has 0 aliphatic carbocycles. The van der Waals surface area contributed by atoms with Gasteiger partial charge in [-0.05, 0) is 45.7 Å². The minimum atomic E-state index is -0.520. The number of hydrogen-bond donors (Lipinski definition) is 2. The predicted octanol–water partition coefficient (Wildman–Crippen LogP) is 1.84. The van der Waals surface area contributed by atoms with Crippen molar-refractivity contribution in [3.63, 3.8) is 0 Å². The molecule has 7 nitrogen and oxygen atoms in total. The first-order chi connectivity index (χ1) is 12.5. The number of carbonyl (C=O) groups excluding carboxylic acids is 2. The molecule has 2 bridgehead atoms. The van der Waals surface area contributed by atoms with E-state index in [2.05, 4.69) is 15.7 Å². The molecule has 2 aromatic heterocycles. The first-order valence-electron chi connectivity index (χ1n) is 9.22. The van der Waals surface area contributed by atoms with Crippen LogP contribution in [-0.2, 0) is 11.8 Å². The van der Waals surface area contributed by atoms with Crippen LogP contribution in [-0.4, -0.2) is 57.7 Å². The number of thiophene rings is 1. The van der Waals surface area contributed by atoms with Crippen molar-refractivity contribution in [1.29, 1.82) is 0 Å². The summed E-state index contributed by atoms with van der Waals surface area (Å²) in [5.74, 6) is -0.153. The van der Waals surface area contributed by atoms with Crippen LogP contribution >= 0.6 is 23.7 Å². The largest absolute Gasteiger partial charge is 0.340 e. The number of amides is 2. The maximum atomic E-state index is 13.0. The Balaban J connectivity index is 0.00000210. The van der Waals surface area contributed by atoms with Gasteiger partial charge in [0, 0.05) is 31.1 Å². The van der Waals surface area contributed by atoms with E-state index in [0.29, 0.717) is 10.9 Å². The predicted molar refractivity (Wildman–Crippen MR) is 109 cm³/mol. The van der Waals surface area contributed by atoms with Crippen molar-refractivity contribution in [2.75, 3.05) is 13.1 Å². The van der Waals surface area contributed by atoms with Gasteiger partial charge in [-0.2, -0.15) is 5.10 Å². The molecule has 0 radical (unpaired) electrons. The number of fused-ring (bicyclic) bond motifs is 3. The summed E-state index contributed by atoms with van der Waals surface area (Å²) in [4.78, 5) is 29.3. The molecule has 27 heavy (non-hydrogen) atoms. The first kappa shape index (κ1) is 20.1. The fourth-order valence-corrected chi connectivity index (χ4v) is 5.24. The summed E-state index contributed by atoms with van der Waals surface area (Å²) in [5.41, 5.74) is 0.913. The molecular weight excluding hydrogens is 386 g/mol. The van der Waals surface area contributed by atoms with Crippen LogP contribution in [0.2, 0.25) is 0 Å². The number of aryl methyl sites for hydroxylation is 2. The average molecular weight is 412 g/mol. The molecule has 4 heterocycles. The summed E-state index contributed by atoms with van der Waals surface area (Å²) in [7, 11) is 1.88. The third-order valence-corrected chi connectivity index (χ3v) is 6.75. The van der Waals surface area contributed by atoms with Crippen LogP contribution in [0.4, 0.5) is 0 Å². The molecule has 2 fully saturated rings. The minimum Gasteiger partial charge on any atom is -0.340 e. The minimum absolute atomic E-state index is 0. The summed E-state index contributed by atoms with van der Waals surface area (Å²) < 4.78 is 1.79. The van der Waals surface area contributed by atoms with Crippen LogP contribution in [0.25, 0.3) is 10.2 Å². The van der Waals surface area contributed by atoms with Crippen molar-refractivity contribution in [3.05, 3.63) is 16.6 Å². The van der Waals surface area contributed by atoms with Crippen molar-refractivity contribution in [1.82, 2.24) is 25.3 Å². The quantitative estimate of drug-likeness (QED) is 0.807. The SMILES string of the molecule is Cc1nn(C)c2sc(C(=O)NC(C)C(=O)N3C4CCNCC3CC4)cc12.Cl. The molecule has 0 saturated carbocycles. The fraction of sp³-hybridized carbons (Fsp3) is 0.611. The van der Waals surface area contributed by atoms with Crippen LogP contribution < -0.4 is 10.6 Å². The van der Waals surface area contributed by atoms with E-state index in [1.807, 2.05) is 24.9 Å². The zero-order valence-corrected chi connectivity index (χ0v) is 17.5. The Morgan fingerprint density at radius 1 is 1.33 bits per heavy atom. The Hall–Kier alpha value is -1.64. The number of nitrogens with one attached hydrogen (secondary N) is 2. The van der Waals surface area contributed by atoms with Gasteiger partial charge < -0.3 is 15.5 Å². The second-order valence-corrected chi connectivity index (χ2v) is 8.39. The molecule has 2 amide bonds. The molecule has 2 N–H and O–H groups in total. The average Bonchev–Trinajstić information content (AvgIpc) is 3.21. The van der Waals surface area contributed by atoms with Gasteiger partial charge >= 0.3 is 0 Å². The lowest BCUT2D eigenvalue weighted by atomic mass is 10.1. The van der Waals surface area contributed by atoms with Crippen molar-refractivity contribution in [2.45, 2.75) is 51.2 Å². The highest BCUT2D eigenvalue weighted by atomic mass is 35.5. The molecule has 0 spiro atoms. The summed E-state index contributed by atoms with van der Waals surface area (Å²) in [6.07, 6.45) is 3.11. The van der Waals surface area contributed by atoms with Gasteiger partial charge in [-0.1, -0.05) is 0 Å². The van der Waals surface area contributed by atoms with Gasteiger partial charge in [0.2, 0.25) is 5.91 Å². The van der Waals surface area contributed by atoms with Gasteiger partial charge in [0.25, 0.3) is 5.91 Å². The molecule has 3 atom stereocenters. The summed E-state index contributed by atoms with van der Waals surface area (Å²) >= 11 is 1.41. The van der Waals surface area contributed by atoms with Crippen molar-refractivity contribution >= 4 is 45.8 Å². The molecule has 2 saturated heterocycles. The molecule has 3 unspecified atom stereocenters. The van der Waals surface area contributed by atoms with E-state index in [9.17, 15) is 9.59 Å². The van der Waals surface area contributed by atoms with Crippen LogP contribution in [0.5, 0.6) is 0 Å². The topological polar surface area (TPSA) is 79.3 Å². The highest BCUT2D eigenvalue weighted by Gasteiger charge is 2.39. The van der Waals surface area contributed by atoms with E-state index in [1.165, 1.54) is 11.3 Å². The summed E-state index contributed by atoms with van der Waals surface area (Å²) in [6.45, 7) is 5.54. The molecule has 9 heteroatoms. The van der Waals surface area contributed by atoms with Gasteiger partial charge in [-0.3, -0.25) is 14.3 Å². The van der Waals surface area contributed by atoms with E-state index in [-0.39, 0.29) is 30.3 Å². The normalized spacial score (nSPS) is 23.0. The van der Waals surface area contributed by atoms with Crippen LogP contribution in [0.3, 0.4) is 0 Å². The lowest BCUT2D eigenvalue weighted by Gasteiger charge is -2.30. The van der Waals surface area contributed by atoms with E-state index in [4.69, 9.17) is 0 Å². The van der Waals surface area contributed by atoms with Crippen molar-refractivity contribution in [2.24, 2.45) is 7.05 Å². The summed E-state index contributed by atoms with van der Waals surface area (Å²) in [6, 6.07) is 1.91. The zero-order chi connectivity index (χ0) is 18.4. The fourth-order valence-electron chi connectivity index (χ4n) is 4.21. The van der Waals surface area contributed by atoms with Crippen LogP contribution in [0.1, 0.15) is 41.6 Å². The molecule has 148 valence electrons. The lowest BCUT2D eigenvalue weighted by Crippen LogP contribution is -2.51. The second-order valence-electron chi connectivity index (χ2n) is 7.36. The standard InChI is InChI=1S/C18H25N5O2S.ClH/c1-10-14-8-15(26-18(14)22(3)21-10)16(24)20-11(2)17(25)23-12-4-5-13(23)9-19-7-6-12;/h8,11-13,19H,4-7,9H2,1-3H3,(H,20,24);1H. The van der Waals surface area contributed by atoms with Gasteiger partial charge in [0.1, 0.15) is 10.9 Å². The number of halogens is 1. The Labute approximate surface area is 168 Å². The molecular formula is C18H26ClN5O2S. The number of hydrogen-bond acceptors (Lipinski definition) is 5. The summed E-state index contributed by atoms with van der Waals surface area (Å²) in [5, 5.41) is 11.7. The van der Waals surface area contributed by atoms with Gasteiger partial charge in [0.15, 0.2) is 0 Å². The molecule has 4 rings (SSSR count). The van der Waals surface area contributed by atoms with Crippen molar-refractivity contribution < 1.29 is 9.59 Å². The van der Waals surface area contributed by atoms with Gasteiger partial charge in [-0.15, -0.1) is 23.7 Å². The maximum absolute atomic E-state index is 13.0. The molecule has 2 aromatic rings. The number of carbonyl (C=O) groups is 2. The van der Waals surface area contributed by atoms with E-state index in [0.717, 1.165) is 48.3 Å². The second kappa shape index (κ2) is 7.77. The third-order valence-electron chi connectivity index (χ3n) is 5.55. The molecule has 2 aliphatic heterocycles. The van der Waals surface area contributed by atoms with E-state index in [1.54, 1.807) is 11.6 Å².